The topological polar surface area (TPSA) is 44.0 Å². The van der Waals surface area contributed by atoms with E-state index in [1.807, 2.05) is 0 Å². The minimum atomic E-state index is -0.756. The molecule has 0 spiro atoms. The van der Waals surface area contributed by atoms with Crippen LogP contribution in [0.25, 0.3) is 0 Å². The normalized spacial score (nSPS) is 49.6. The highest BCUT2D eigenvalue weighted by molar-refractivity contribution is 5.16. The van der Waals surface area contributed by atoms with E-state index in [0.717, 1.165) is 32.1 Å². The van der Waals surface area contributed by atoms with Crippen molar-refractivity contribution in [3.05, 3.63) is 0 Å². The molecule has 2 aliphatic carbocycles. The molecule has 0 bridgehead atoms. The van der Waals surface area contributed by atoms with E-state index in [0.29, 0.717) is 11.8 Å². The minimum absolute atomic E-state index is 0.263. The van der Waals surface area contributed by atoms with Crippen LogP contribution >= 0.6 is 0 Å². The van der Waals surface area contributed by atoms with Crippen molar-refractivity contribution < 1.29 is 5.11 Å². The molecule has 5 unspecified atom stereocenters. The smallest absolute Gasteiger partial charge is 0.0865 e. The van der Waals surface area contributed by atoms with Crippen molar-refractivity contribution in [1.82, 2.24) is 0 Å². The number of nitrogens with zero attached hydrogens (tertiary/aromatic N) is 1. The lowest BCUT2D eigenvalue weighted by atomic mass is 9.53. The zero-order valence-electron chi connectivity index (χ0n) is 12.1. The van der Waals surface area contributed by atoms with Gasteiger partial charge in [-0.3, -0.25) is 0 Å². The molecular weight excluding hydrogens is 222 g/mol. The van der Waals surface area contributed by atoms with Gasteiger partial charge in [0.2, 0.25) is 0 Å². The lowest BCUT2D eigenvalue weighted by Gasteiger charge is -2.53. The second-order valence-electron chi connectivity index (χ2n) is 7.11. The van der Waals surface area contributed by atoms with Crippen molar-refractivity contribution >= 4 is 0 Å². The third-order valence-corrected chi connectivity index (χ3v) is 5.61. The monoisotopic (exact) mass is 249 g/mol. The predicted octanol–water partition coefficient (Wildman–Crippen LogP) is 3.89. The average molecular weight is 249 g/mol. The first-order valence-electron chi connectivity index (χ1n) is 7.57. The first-order valence-corrected chi connectivity index (χ1v) is 7.57. The summed E-state index contributed by atoms with van der Waals surface area (Å²) >= 11 is 0. The second kappa shape index (κ2) is 4.85. The van der Waals surface area contributed by atoms with Crippen molar-refractivity contribution in [2.75, 3.05) is 0 Å². The number of hydrogen-bond acceptors (Lipinski definition) is 2. The van der Waals surface area contributed by atoms with Crippen LogP contribution in [0.4, 0.5) is 0 Å². The molecule has 2 fully saturated rings. The Bertz CT molecular complexity index is 347. The molecule has 0 saturated heterocycles. The molecule has 2 saturated carbocycles. The van der Waals surface area contributed by atoms with Gasteiger partial charge in [-0.1, -0.05) is 40.0 Å². The van der Waals surface area contributed by atoms with Gasteiger partial charge in [-0.05, 0) is 43.4 Å². The molecule has 0 aromatic heterocycles. The van der Waals surface area contributed by atoms with Crippen LogP contribution in [0.1, 0.15) is 65.7 Å². The largest absolute Gasteiger partial charge is 0.388 e. The Balaban J connectivity index is 2.32. The number of hydrogen-bond donors (Lipinski definition) is 1. The molecule has 0 heterocycles. The second-order valence-corrected chi connectivity index (χ2v) is 7.11. The quantitative estimate of drug-likeness (QED) is 0.766. The highest BCUT2D eigenvalue weighted by Gasteiger charge is 2.56. The first-order chi connectivity index (χ1) is 8.43. The summed E-state index contributed by atoms with van der Waals surface area (Å²) < 4.78 is 0. The molecule has 2 rings (SSSR count). The van der Waals surface area contributed by atoms with Crippen LogP contribution in [0, 0.1) is 34.5 Å². The third kappa shape index (κ3) is 2.07. The maximum atomic E-state index is 11.3. The van der Waals surface area contributed by atoms with E-state index in [1.54, 1.807) is 0 Å². The van der Waals surface area contributed by atoms with Crippen LogP contribution in [0.3, 0.4) is 0 Å². The van der Waals surface area contributed by atoms with Gasteiger partial charge in [-0.15, -0.1) is 0 Å². The molecule has 2 heteroatoms. The van der Waals surface area contributed by atoms with Crippen LogP contribution < -0.4 is 0 Å². The zero-order valence-corrected chi connectivity index (χ0v) is 12.1. The van der Waals surface area contributed by atoms with Crippen LogP contribution in [0.15, 0.2) is 0 Å². The predicted molar refractivity (Wildman–Crippen MR) is 72.8 cm³/mol. The average Bonchev–Trinajstić information content (AvgIpc) is 2.34. The number of aliphatic hydroxyl groups is 1. The summed E-state index contributed by atoms with van der Waals surface area (Å²) in [6.07, 6.45) is 7.16. The van der Waals surface area contributed by atoms with E-state index in [-0.39, 0.29) is 5.92 Å². The van der Waals surface area contributed by atoms with Crippen LogP contribution in [-0.2, 0) is 0 Å². The molecule has 0 aromatic carbocycles. The lowest BCUT2D eigenvalue weighted by Crippen LogP contribution is -2.56. The molecule has 1 N–H and O–H groups in total. The molecule has 0 amide bonds. The summed E-state index contributed by atoms with van der Waals surface area (Å²) in [6, 6.07) is 2.56. The van der Waals surface area contributed by atoms with Crippen LogP contribution in [0.5, 0.6) is 0 Å². The van der Waals surface area contributed by atoms with Gasteiger partial charge in [0.05, 0.1) is 17.1 Å². The Morgan fingerprint density at radius 3 is 2.33 bits per heavy atom. The minimum Gasteiger partial charge on any atom is -0.388 e. The van der Waals surface area contributed by atoms with Crippen molar-refractivity contribution in [2.24, 2.45) is 23.2 Å². The van der Waals surface area contributed by atoms with Crippen molar-refractivity contribution in [3.63, 3.8) is 0 Å². The van der Waals surface area contributed by atoms with Crippen molar-refractivity contribution in [2.45, 2.75) is 71.3 Å². The summed E-state index contributed by atoms with van der Waals surface area (Å²) in [4.78, 5) is 0. The zero-order chi connectivity index (χ0) is 13.4. The molecule has 2 aliphatic rings. The van der Waals surface area contributed by atoms with Gasteiger partial charge in [0.15, 0.2) is 0 Å². The molecule has 2 nitrogen and oxygen atoms in total. The first kappa shape index (κ1) is 13.9. The molecule has 0 aromatic rings. The number of nitriles is 1. The fourth-order valence-corrected chi connectivity index (χ4v) is 4.42. The van der Waals surface area contributed by atoms with Gasteiger partial charge in [0.1, 0.15) is 0 Å². The van der Waals surface area contributed by atoms with Crippen LogP contribution in [0.2, 0.25) is 0 Å². The molecule has 18 heavy (non-hydrogen) atoms. The summed E-state index contributed by atoms with van der Waals surface area (Å²) in [5, 5.41) is 21.1. The maximum Gasteiger partial charge on any atom is 0.0865 e. The van der Waals surface area contributed by atoms with Gasteiger partial charge in [-0.2, -0.15) is 5.26 Å². The van der Waals surface area contributed by atoms with E-state index in [2.05, 4.69) is 26.8 Å². The van der Waals surface area contributed by atoms with E-state index >= 15 is 0 Å². The van der Waals surface area contributed by atoms with Crippen LogP contribution in [-0.4, -0.2) is 10.7 Å². The van der Waals surface area contributed by atoms with Gasteiger partial charge in [-0.25, -0.2) is 0 Å². The Hall–Kier alpha value is -0.550. The van der Waals surface area contributed by atoms with E-state index in [9.17, 15) is 10.4 Å². The fourth-order valence-electron chi connectivity index (χ4n) is 4.42. The molecular formula is C16H27NO. The summed E-state index contributed by atoms with van der Waals surface area (Å²) in [5.74, 6) is 1.39. The summed E-state index contributed by atoms with van der Waals surface area (Å²) in [7, 11) is 0. The molecule has 0 radical (unpaired) electrons. The Labute approximate surface area is 111 Å². The van der Waals surface area contributed by atoms with Gasteiger partial charge in [0, 0.05) is 0 Å². The highest BCUT2D eigenvalue weighted by atomic mass is 16.3. The van der Waals surface area contributed by atoms with E-state index in [1.165, 1.54) is 12.8 Å². The Kier molecular flexibility index (Phi) is 3.74. The Morgan fingerprint density at radius 1 is 1.06 bits per heavy atom. The standard InChI is InChI=1S/C16H27NO/c1-12-5-4-8-15(9-12,11-17)16(18)10-13(2)6-7-14(16)3/h12-14,18H,4-10H2,1-3H3. The van der Waals surface area contributed by atoms with E-state index in [4.69, 9.17) is 0 Å². The number of rotatable bonds is 1. The summed E-state index contributed by atoms with van der Waals surface area (Å²) in [6.45, 7) is 6.59. The summed E-state index contributed by atoms with van der Waals surface area (Å²) in [5.41, 5.74) is -1.24. The van der Waals surface area contributed by atoms with Crippen molar-refractivity contribution in [1.29, 1.82) is 5.26 Å². The van der Waals surface area contributed by atoms with E-state index < -0.39 is 11.0 Å². The van der Waals surface area contributed by atoms with Gasteiger partial charge in [0.25, 0.3) is 0 Å². The lowest BCUT2D eigenvalue weighted by molar-refractivity contribution is -0.147. The fraction of sp³-hybridized carbons (Fsp3) is 0.938. The van der Waals surface area contributed by atoms with Gasteiger partial charge < -0.3 is 5.11 Å². The highest BCUT2D eigenvalue weighted by Crippen LogP contribution is 2.54. The van der Waals surface area contributed by atoms with Crippen molar-refractivity contribution in [3.8, 4) is 6.07 Å². The molecule has 5 atom stereocenters. The molecule has 102 valence electrons. The Morgan fingerprint density at radius 2 is 1.72 bits per heavy atom. The third-order valence-electron chi connectivity index (χ3n) is 5.61. The van der Waals surface area contributed by atoms with Gasteiger partial charge >= 0.3 is 0 Å². The molecule has 0 aliphatic heterocycles. The SMILES string of the molecule is CC1CCCC(C#N)(C2(O)CC(C)CCC2C)C1. The maximum absolute atomic E-state index is 11.3.